The van der Waals surface area contributed by atoms with Gasteiger partial charge in [0, 0.05) is 5.56 Å². The predicted molar refractivity (Wildman–Crippen MR) is 136 cm³/mol. The Bertz CT molecular complexity index is 1160. The fourth-order valence-corrected chi connectivity index (χ4v) is 3.62. The average Bonchev–Trinajstić information content (AvgIpc) is 2.84. The van der Waals surface area contributed by atoms with Crippen LogP contribution in [0.4, 0.5) is 4.39 Å². The second-order valence-electron chi connectivity index (χ2n) is 7.37. The van der Waals surface area contributed by atoms with Gasteiger partial charge in [-0.3, -0.25) is 4.79 Å². The van der Waals surface area contributed by atoms with Gasteiger partial charge in [-0.25, -0.2) is 9.82 Å². The largest absolute Gasteiger partial charge is 0.490 e. The van der Waals surface area contributed by atoms with Gasteiger partial charge in [0.15, 0.2) is 17.2 Å². The summed E-state index contributed by atoms with van der Waals surface area (Å²) in [6.45, 7) is 5.04. The maximum atomic E-state index is 13.0. The molecule has 6 nitrogen and oxygen atoms in total. The Morgan fingerprint density at radius 3 is 2.34 bits per heavy atom. The number of amides is 1. The van der Waals surface area contributed by atoms with Crippen LogP contribution in [0.15, 0.2) is 59.7 Å². The van der Waals surface area contributed by atoms with Gasteiger partial charge < -0.3 is 14.2 Å². The molecule has 0 fully saturated rings. The van der Waals surface area contributed by atoms with Crippen LogP contribution in [0.1, 0.15) is 41.8 Å². The van der Waals surface area contributed by atoms with E-state index in [4.69, 9.17) is 37.4 Å². The Kier molecular flexibility index (Phi) is 9.76. The van der Waals surface area contributed by atoms with Crippen LogP contribution in [0.25, 0.3) is 0 Å². The van der Waals surface area contributed by atoms with Crippen molar-refractivity contribution in [2.75, 3.05) is 13.2 Å². The third kappa shape index (κ3) is 7.60. The van der Waals surface area contributed by atoms with E-state index in [-0.39, 0.29) is 22.5 Å². The molecule has 0 unspecified atom stereocenters. The third-order valence-electron chi connectivity index (χ3n) is 4.66. The van der Waals surface area contributed by atoms with Crippen LogP contribution >= 0.6 is 23.2 Å². The van der Waals surface area contributed by atoms with Crippen LogP contribution in [0.3, 0.4) is 0 Å². The molecule has 3 rings (SSSR count). The van der Waals surface area contributed by atoms with Crippen molar-refractivity contribution in [2.24, 2.45) is 5.10 Å². The van der Waals surface area contributed by atoms with Crippen LogP contribution in [0, 0.1) is 5.82 Å². The zero-order valence-electron chi connectivity index (χ0n) is 19.3. The Hall–Kier alpha value is -3.29. The number of halogens is 3. The highest BCUT2D eigenvalue weighted by atomic mass is 35.5. The fourth-order valence-electron chi connectivity index (χ4n) is 3.01. The molecule has 0 saturated heterocycles. The molecular weight excluding hydrogens is 494 g/mol. The van der Waals surface area contributed by atoms with Crippen LogP contribution in [0.5, 0.6) is 17.2 Å². The van der Waals surface area contributed by atoms with Crippen LogP contribution in [-0.4, -0.2) is 25.3 Å². The molecule has 0 aliphatic heterocycles. The van der Waals surface area contributed by atoms with Crippen LogP contribution in [0.2, 0.25) is 10.0 Å². The number of nitrogens with one attached hydrogen (secondary N) is 1. The number of carbonyl (C=O) groups is 1. The first-order valence-corrected chi connectivity index (χ1v) is 11.8. The minimum absolute atomic E-state index is 0.176. The van der Waals surface area contributed by atoms with Crippen molar-refractivity contribution >= 4 is 35.3 Å². The van der Waals surface area contributed by atoms with E-state index in [1.54, 1.807) is 42.5 Å². The lowest BCUT2D eigenvalue weighted by molar-refractivity contribution is 0.0954. The molecule has 0 aromatic heterocycles. The van der Waals surface area contributed by atoms with E-state index < -0.39 is 5.91 Å². The van der Waals surface area contributed by atoms with Gasteiger partial charge in [0.1, 0.15) is 12.4 Å². The van der Waals surface area contributed by atoms with Gasteiger partial charge in [0.2, 0.25) is 0 Å². The van der Waals surface area contributed by atoms with E-state index in [0.717, 1.165) is 12.0 Å². The second-order valence-corrected chi connectivity index (χ2v) is 8.19. The van der Waals surface area contributed by atoms with Crippen molar-refractivity contribution in [3.63, 3.8) is 0 Å². The summed E-state index contributed by atoms with van der Waals surface area (Å²) in [5.41, 5.74) is 4.17. The average molecular weight is 519 g/mol. The number of hydrogen-bond donors (Lipinski definition) is 1. The zero-order valence-corrected chi connectivity index (χ0v) is 20.8. The summed E-state index contributed by atoms with van der Waals surface area (Å²) in [5.74, 6) is 0.633. The Morgan fingerprint density at radius 1 is 0.971 bits per heavy atom. The fraction of sp³-hybridized carbons (Fsp3) is 0.231. The normalized spacial score (nSPS) is 10.9. The molecule has 35 heavy (non-hydrogen) atoms. The second kappa shape index (κ2) is 13.0. The molecule has 9 heteroatoms. The highest BCUT2D eigenvalue weighted by molar-refractivity contribution is 6.37. The van der Waals surface area contributed by atoms with E-state index in [0.29, 0.717) is 41.6 Å². The van der Waals surface area contributed by atoms with Crippen molar-refractivity contribution in [3.8, 4) is 17.2 Å². The van der Waals surface area contributed by atoms with Gasteiger partial charge in [-0.05, 0) is 66.9 Å². The predicted octanol–water partition coefficient (Wildman–Crippen LogP) is 6.66. The van der Waals surface area contributed by atoms with Gasteiger partial charge in [0.25, 0.3) is 5.91 Å². The molecule has 0 saturated carbocycles. The number of benzene rings is 3. The number of carbonyl (C=O) groups excluding carboxylic acids is 1. The summed E-state index contributed by atoms with van der Waals surface area (Å²) in [6, 6.07) is 14.1. The van der Waals surface area contributed by atoms with E-state index >= 15 is 0 Å². The summed E-state index contributed by atoms with van der Waals surface area (Å²) < 4.78 is 30.0. The Morgan fingerprint density at radius 2 is 1.69 bits per heavy atom. The van der Waals surface area contributed by atoms with Gasteiger partial charge in [-0.15, -0.1) is 0 Å². The monoisotopic (exact) mass is 518 g/mol. The van der Waals surface area contributed by atoms with Crippen molar-refractivity contribution in [2.45, 2.75) is 26.9 Å². The van der Waals surface area contributed by atoms with Crippen molar-refractivity contribution in [3.05, 3.63) is 87.2 Å². The Balaban J connectivity index is 1.64. The van der Waals surface area contributed by atoms with E-state index in [1.807, 2.05) is 13.8 Å². The molecule has 0 atom stereocenters. The number of rotatable bonds is 11. The maximum absolute atomic E-state index is 13.0. The molecule has 0 aliphatic carbocycles. The molecule has 0 bridgehead atoms. The molecule has 0 radical (unpaired) electrons. The third-order valence-corrected chi connectivity index (χ3v) is 5.23. The quantitative estimate of drug-likeness (QED) is 0.227. The van der Waals surface area contributed by atoms with Gasteiger partial charge >= 0.3 is 0 Å². The smallest absolute Gasteiger partial charge is 0.271 e. The van der Waals surface area contributed by atoms with Crippen molar-refractivity contribution in [1.82, 2.24) is 5.43 Å². The van der Waals surface area contributed by atoms with Crippen molar-refractivity contribution in [1.29, 1.82) is 0 Å². The van der Waals surface area contributed by atoms with Crippen LogP contribution < -0.4 is 19.6 Å². The Labute approximate surface area is 213 Å². The molecular formula is C26H25Cl2FN2O4. The minimum Gasteiger partial charge on any atom is -0.490 e. The highest BCUT2D eigenvalue weighted by Crippen LogP contribution is 2.34. The molecule has 0 aliphatic rings. The van der Waals surface area contributed by atoms with Gasteiger partial charge in [-0.1, -0.05) is 42.3 Å². The zero-order chi connectivity index (χ0) is 25.2. The number of ether oxygens (including phenoxy) is 3. The first-order valence-electron chi connectivity index (χ1n) is 11.0. The number of nitrogens with zero attached hydrogens (tertiary/aromatic N) is 1. The maximum Gasteiger partial charge on any atom is 0.271 e. The molecule has 1 N–H and O–H groups in total. The summed E-state index contributed by atoms with van der Waals surface area (Å²) in [5, 5.41) is 4.54. The molecule has 0 heterocycles. The lowest BCUT2D eigenvalue weighted by Crippen LogP contribution is -2.17. The summed E-state index contributed by atoms with van der Waals surface area (Å²) in [4.78, 5) is 12.5. The van der Waals surface area contributed by atoms with Gasteiger partial charge in [-0.2, -0.15) is 5.10 Å². The summed E-state index contributed by atoms with van der Waals surface area (Å²) >= 11 is 12.6. The summed E-state index contributed by atoms with van der Waals surface area (Å²) in [6.07, 6.45) is 2.28. The van der Waals surface area contributed by atoms with Gasteiger partial charge in [0.05, 0.1) is 29.5 Å². The minimum atomic E-state index is -0.416. The summed E-state index contributed by atoms with van der Waals surface area (Å²) in [7, 11) is 0. The SMILES string of the molecule is CCCOc1ccc(C(=O)N/N=C/c2cc(Cl)c(OCc3ccc(F)cc3)c(Cl)c2)cc1OCC. The first kappa shape index (κ1) is 26.3. The van der Waals surface area contributed by atoms with E-state index in [1.165, 1.54) is 18.3 Å². The molecule has 3 aromatic carbocycles. The molecule has 1 amide bonds. The topological polar surface area (TPSA) is 69.2 Å². The standard InChI is InChI=1S/C26H25Cl2FN2O4/c1-3-11-34-23-10-7-19(14-24(23)33-4-2)26(32)31-30-15-18-12-21(27)25(22(28)13-18)35-16-17-5-8-20(29)9-6-17/h5-10,12-15H,3-4,11,16H2,1-2H3,(H,31,32)/b30-15+. The number of hydrogen-bond acceptors (Lipinski definition) is 5. The molecule has 184 valence electrons. The van der Waals surface area contributed by atoms with Crippen molar-refractivity contribution < 1.29 is 23.4 Å². The lowest BCUT2D eigenvalue weighted by atomic mass is 10.2. The van der Waals surface area contributed by atoms with Crippen LogP contribution in [-0.2, 0) is 6.61 Å². The first-order chi connectivity index (χ1) is 16.9. The highest BCUT2D eigenvalue weighted by Gasteiger charge is 2.12. The number of hydrazone groups is 1. The molecule has 3 aromatic rings. The van der Waals surface area contributed by atoms with E-state index in [2.05, 4.69) is 10.5 Å². The van der Waals surface area contributed by atoms with E-state index in [9.17, 15) is 9.18 Å². The molecule has 0 spiro atoms. The lowest BCUT2D eigenvalue weighted by Gasteiger charge is -2.12.